The molecule has 0 saturated heterocycles. The lowest BCUT2D eigenvalue weighted by molar-refractivity contribution is -0.124. The Hall–Kier alpha value is -4.38. The Balaban J connectivity index is 1.58. The lowest BCUT2D eigenvalue weighted by Crippen LogP contribution is -2.33. The van der Waals surface area contributed by atoms with Gasteiger partial charge in [-0.2, -0.15) is 0 Å². The minimum absolute atomic E-state index is 0.0333. The first-order chi connectivity index (χ1) is 17.7. The second kappa shape index (κ2) is 10.9. The van der Waals surface area contributed by atoms with Crippen molar-refractivity contribution in [1.29, 1.82) is 0 Å². The van der Waals surface area contributed by atoms with E-state index >= 15 is 0 Å². The largest absolute Gasteiger partial charge is 0.496 e. The highest BCUT2D eigenvalue weighted by atomic mass is 16.5. The molecule has 180 valence electrons. The third-order valence-electron chi connectivity index (χ3n) is 6.42. The van der Waals surface area contributed by atoms with Crippen molar-refractivity contribution in [3.05, 3.63) is 120 Å². The van der Waals surface area contributed by atoms with E-state index in [1.807, 2.05) is 97.1 Å². The van der Waals surface area contributed by atoms with E-state index in [9.17, 15) is 4.79 Å². The molecule has 0 fully saturated rings. The average Bonchev–Trinajstić information content (AvgIpc) is 3.32. The number of carbonyl (C=O) groups is 1. The maximum atomic E-state index is 13.8. The Morgan fingerprint density at radius 2 is 1.47 bits per heavy atom. The van der Waals surface area contributed by atoms with Gasteiger partial charge in [0.05, 0.1) is 23.7 Å². The smallest absolute Gasteiger partial charge is 0.243 e. The number of benzene rings is 4. The number of aromatic nitrogens is 2. The molecular formula is C31H29N3O2. The summed E-state index contributed by atoms with van der Waals surface area (Å²) >= 11 is 0. The third-order valence-corrected chi connectivity index (χ3v) is 6.42. The molecule has 4 aromatic carbocycles. The fourth-order valence-electron chi connectivity index (χ4n) is 4.61. The maximum Gasteiger partial charge on any atom is 0.243 e. The van der Waals surface area contributed by atoms with Crippen LogP contribution < -0.4 is 10.1 Å². The number of ether oxygens (including phenoxy) is 1. The van der Waals surface area contributed by atoms with E-state index in [4.69, 9.17) is 9.72 Å². The molecular weight excluding hydrogens is 446 g/mol. The number of hydrogen-bond donors (Lipinski definition) is 1. The summed E-state index contributed by atoms with van der Waals surface area (Å²) in [5.41, 5.74) is 4.89. The molecule has 1 aromatic heterocycles. The second-order valence-electron chi connectivity index (χ2n) is 8.74. The molecule has 0 aliphatic carbocycles. The monoisotopic (exact) mass is 475 g/mol. The first-order valence-electron chi connectivity index (χ1n) is 12.2. The number of methoxy groups -OCH3 is 1. The van der Waals surface area contributed by atoms with Gasteiger partial charge in [0.15, 0.2) is 0 Å². The summed E-state index contributed by atoms with van der Waals surface area (Å²) in [6, 6.07) is 35.6. The maximum absolute atomic E-state index is 13.8. The summed E-state index contributed by atoms with van der Waals surface area (Å²) < 4.78 is 7.75. The Bertz CT molecular complexity index is 1440. The van der Waals surface area contributed by atoms with Gasteiger partial charge in [0, 0.05) is 6.54 Å². The van der Waals surface area contributed by atoms with Crippen LogP contribution in [0.3, 0.4) is 0 Å². The van der Waals surface area contributed by atoms with Crippen molar-refractivity contribution in [2.45, 2.75) is 25.4 Å². The first kappa shape index (κ1) is 23.4. The van der Waals surface area contributed by atoms with E-state index in [1.54, 1.807) is 7.11 Å². The van der Waals surface area contributed by atoms with E-state index in [2.05, 4.69) is 22.0 Å². The number of fused-ring (bicyclic) bond motifs is 1. The molecule has 0 aliphatic rings. The highest BCUT2D eigenvalue weighted by Crippen LogP contribution is 2.35. The number of amides is 1. The first-order valence-corrected chi connectivity index (χ1v) is 12.2. The number of nitrogens with one attached hydrogen (secondary N) is 1. The van der Waals surface area contributed by atoms with Crippen molar-refractivity contribution in [2.24, 2.45) is 0 Å². The van der Waals surface area contributed by atoms with Gasteiger partial charge >= 0.3 is 0 Å². The molecule has 36 heavy (non-hydrogen) atoms. The predicted octanol–water partition coefficient (Wildman–Crippen LogP) is 6.20. The number of hydrogen-bond acceptors (Lipinski definition) is 3. The predicted molar refractivity (Wildman–Crippen MR) is 144 cm³/mol. The van der Waals surface area contributed by atoms with Crippen molar-refractivity contribution in [1.82, 2.24) is 14.9 Å². The number of carbonyl (C=O) groups excluding carboxylic acids is 1. The number of nitrogens with zero attached hydrogens (tertiary/aromatic N) is 2. The van der Waals surface area contributed by atoms with E-state index < -0.39 is 6.04 Å². The Morgan fingerprint density at radius 1 is 0.833 bits per heavy atom. The number of aryl methyl sites for hydroxylation is 1. The van der Waals surface area contributed by atoms with Crippen LogP contribution >= 0.6 is 0 Å². The fourth-order valence-corrected chi connectivity index (χ4v) is 4.61. The second-order valence-corrected chi connectivity index (χ2v) is 8.74. The Kier molecular flexibility index (Phi) is 7.08. The van der Waals surface area contributed by atoms with Crippen LogP contribution in [0.15, 0.2) is 109 Å². The molecule has 1 amide bonds. The summed E-state index contributed by atoms with van der Waals surface area (Å²) in [7, 11) is 1.66. The number of para-hydroxylation sites is 3. The highest BCUT2D eigenvalue weighted by Gasteiger charge is 2.27. The zero-order valence-corrected chi connectivity index (χ0v) is 20.3. The van der Waals surface area contributed by atoms with E-state index in [0.29, 0.717) is 13.0 Å². The van der Waals surface area contributed by atoms with Crippen molar-refractivity contribution in [3.63, 3.8) is 0 Å². The standard InChI is InChI=1S/C31H29N3O2/c1-36-29-19-11-8-16-25(29)30-33-26-17-9-10-18-27(26)34(30)28(21-20-23-12-4-2-5-13-23)31(35)32-22-24-14-6-3-7-15-24/h2-19,28H,20-22H2,1H3,(H,32,35). The summed E-state index contributed by atoms with van der Waals surface area (Å²) in [6.45, 7) is 0.470. The Morgan fingerprint density at radius 3 is 2.22 bits per heavy atom. The molecule has 0 spiro atoms. The molecule has 1 unspecified atom stereocenters. The minimum atomic E-state index is -0.457. The molecule has 0 bridgehead atoms. The lowest BCUT2D eigenvalue weighted by Gasteiger charge is -2.22. The van der Waals surface area contributed by atoms with Gasteiger partial charge in [-0.1, -0.05) is 84.9 Å². The van der Waals surface area contributed by atoms with Crippen LogP contribution in [-0.2, 0) is 17.8 Å². The molecule has 1 N–H and O–H groups in total. The van der Waals surface area contributed by atoms with E-state index in [0.717, 1.165) is 40.2 Å². The van der Waals surface area contributed by atoms with Crippen LogP contribution in [0, 0.1) is 0 Å². The normalized spacial score (nSPS) is 11.8. The van der Waals surface area contributed by atoms with Gasteiger partial charge in [0.2, 0.25) is 5.91 Å². The number of rotatable bonds is 9. The molecule has 5 heteroatoms. The minimum Gasteiger partial charge on any atom is -0.496 e. The average molecular weight is 476 g/mol. The van der Waals surface area contributed by atoms with Crippen LogP contribution in [0.1, 0.15) is 23.6 Å². The molecule has 0 saturated carbocycles. The van der Waals surface area contributed by atoms with Gasteiger partial charge in [-0.05, 0) is 48.2 Å². The third kappa shape index (κ3) is 5.01. The Labute approximate surface area is 211 Å². The van der Waals surface area contributed by atoms with Crippen LogP contribution in [-0.4, -0.2) is 22.6 Å². The van der Waals surface area contributed by atoms with Crippen molar-refractivity contribution >= 4 is 16.9 Å². The SMILES string of the molecule is COc1ccccc1-c1nc2ccccc2n1C(CCc1ccccc1)C(=O)NCc1ccccc1. The van der Waals surface area contributed by atoms with Gasteiger partial charge < -0.3 is 14.6 Å². The summed E-state index contributed by atoms with van der Waals surface area (Å²) in [6.07, 6.45) is 1.40. The molecule has 1 atom stereocenters. The van der Waals surface area contributed by atoms with Crippen LogP contribution in [0.25, 0.3) is 22.4 Å². The van der Waals surface area contributed by atoms with Crippen molar-refractivity contribution < 1.29 is 9.53 Å². The highest BCUT2D eigenvalue weighted by molar-refractivity contribution is 5.87. The summed E-state index contributed by atoms with van der Waals surface area (Å²) in [5, 5.41) is 3.18. The zero-order valence-electron chi connectivity index (χ0n) is 20.3. The lowest BCUT2D eigenvalue weighted by atomic mass is 10.0. The molecule has 0 aliphatic heterocycles. The van der Waals surface area contributed by atoms with E-state index in [1.165, 1.54) is 5.56 Å². The molecule has 5 rings (SSSR count). The summed E-state index contributed by atoms with van der Waals surface area (Å²) in [5.74, 6) is 1.41. The summed E-state index contributed by atoms with van der Waals surface area (Å²) in [4.78, 5) is 18.8. The van der Waals surface area contributed by atoms with Gasteiger partial charge in [0.25, 0.3) is 0 Å². The zero-order chi connectivity index (χ0) is 24.7. The van der Waals surface area contributed by atoms with Gasteiger partial charge in [-0.25, -0.2) is 4.98 Å². The number of imidazole rings is 1. The van der Waals surface area contributed by atoms with Crippen molar-refractivity contribution in [3.8, 4) is 17.1 Å². The van der Waals surface area contributed by atoms with Crippen molar-refractivity contribution in [2.75, 3.05) is 7.11 Å². The topological polar surface area (TPSA) is 56.2 Å². The molecule has 5 aromatic rings. The molecule has 5 nitrogen and oxygen atoms in total. The molecule has 1 heterocycles. The fraction of sp³-hybridized carbons (Fsp3) is 0.161. The van der Waals surface area contributed by atoms with Crippen LogP contribution in [0.2, 0.25) is 0 Å². The van der Waals surface area contributed by atoms with Crippen LogP contribution in [0.5, 0.6) is 5.75 Å². The quantitative estimate of drug-likeness (QED) is 0.276. The van der Waals surface area contributed by atoms with Gasteiger partial charge in [-0.3, -0.25) is 4.79 Å². The van der Waals surface area contributed by atoms with Gasteiger partial charge in [-0.15, -0.1) is 0 Å². The van der Waals surface area contributed by atoms with E-state index in [-0.39, 0.29) is 5.91 Å². The van der Waals surface area contributed by atoms with Gasteiger partial charge in [0.1, 0.15) is 17.6 Å². The molecule has 0 radical (unpaired) electrons. The van der Waals surface area contributed by atoms with Crippen LogP contribution in [0.4, 0.5) is 0 Å².